The highest BCUT2D eigenvalue weighted by molar-refractivity contribution is 7.89. The van der Waals surface area contributed by atoms with E-state index in [9.17, 15) is 8.42 Å². The molecular weight excluding hydrogens is 272 g/mol. The topological polar surface area (TPSA) is 49.4 Å². The Morgan fingerprint density at radius 3 is 2.28 bits per heavy atom. The Balaban J connectivity index is 2.15. The zero-order valence-electron chi connectivity index (χ0n) is 10.3. The Morgan fingerprint density at radius 1 is 1.22 bits per heavy atom. The molecule has 2 rings (SSSR count). The third-order valence-corrected chi connectivity index (χ3v) is 5.49. The van der Waals surface area contributed by atoms with E-state index in [4.69, 9.17) is 11.8 Å². The minimum absolute atomic E-state index is 0.205. The summed E-state index contributed by atoms with van der Waals surface area (Å²) >= 11 is 5.56. The van der Waals surface area contributed by atoms with E-state index in [1.807, 2.05) is 19.1 Å². The second kappa shape index (κ2) is 5.57. The molecule has 100 valence electrons. The van der Waals surface area contributed by atoms with Gasteiger partial charge in [-0.1, -0.05) is 17.7 Å². The molecule has 4 nitrogen and oxygen atoms in total. The fraction of sp³-hybridized carbons (Fsp3) is 0.500. The van der Waals surface area contributed by atoms with Crippen LogP contribution in [0.1, 0.15) is 18.4 Å². The van der Waals surface area contributed by atoms with Crippen LogP contribution in [0.4, 0.5) is 0 Å². The number of benzene rings is 1. The van der Waals surface area contributed by atoms with Crippen molar-refractivity contribution in [3.8, 4) is 0 Å². The molecule has 1 saturated heterocycles. The molecule has 6 heteroatoms. The summed E-state index contributed by atoms with van der Waals surface area (Å²) in [5, 5.41) is 0. The SMILES string of the molecule is Cc1ccc(S(=O)(=O)N2CCC(NCl)CC2)cc1. The van der Waals surface area contributed by atoms with Crippen molar-refractivity contribution < 1.29 is 8.42 Å². The Labute approximate surface area is 113 Å². The highest BCUT2D eigenvalue weighted by Gasteiger charge is 2.28. The fourth-order valence-electron chi connectivity index (χ4n) is 2.06. The average Bonchev–Trinajstić information content (AvgIpc) is 2.39. The first kappa shape index (κ1) is 13.8. The number of rotatable bonds is 3. The van der Waals surface area contributed by atoms with Crippen molar-refractivity contribution >= 4 is 21.8 Å². The molecule has 0 aliphatic carbocycles. The first-order valence-electron chi connectivity index (χ1n) is 5.97. The number of nitrogens with zero attached hydrogens (tertiary/aromatic N) is 1. The molecule has 1 aromatic carbocycles. The van der Waals surface area contributed by atoms with E-state index in [0.717, 1.165) is 18.4 Å². The summed E-state index contributed by atoms with van der Waals surface area (Å²) in [5.41, 5.74) is 1.05. The van der Waals surface area contributed by atoms with Crippen molar-refractivity contribution in [2.24, 2.45) is 0 Å². The molecule has 0 amide bonds. The Hall–Kier alpha value is -0.620. The van der Waals surface area contributed by atoms with Gasteiger partial charge in [0.15, 0.2) is 0 Å². The maximum absolute atomic E-state index is 12.4. The quantitative estimate of drug-likeness (QED) is 0.864. The van der Waals surface area contributed by atoms with Crippen LogP contribution in [0.15, 0.2) is 29.2 Å². The third-order valence-electron chi connectivity index (χ3n) is 3.27. The van der Waals surface area contributed by atoms with Crippen molar-refractivity contribution in [2.45, 2.75) is 30.7 Å². The van der Waals surface area contributed by atoms with Crippen LogP contribution in [0, 0.1) is 6.92 Å². The Bertz CT molecular complexity index is 493. The molecule has 0 atom stereocenters. The molecule has 0 saturated carbocycles. The first-order chi connectivity index (χ1) is 8.54. The van der Waals surface area contributed by atoms with E-state index in [1.165, 1.54) is 4.31 Å². The van der Waals surface area contributed by atoms with Crippen LogP contribution in [0.5, 0.6) is 0 Å². The molecule has 1 aromatic rings. The van der Waals surface area contributed by atoms with Gasteiger partial charge in [0.25, 0.3) is 0 Å². The zero-order valence-corrected chi connectivity index (χ0v) is 11.8. The van der Waals surface area contributed by atoms with E-state index in [0.29, 0.717) is 18.0 Å². The molecule has 0 unspecified atom stereocenters. The number of halogens is 1. The van der Waals surface area contributed by atoms with Crippen LogP contribution >= 0.6 is 11.8 Å². The van der Waals surface area contributed by atoms with Gasteiger partial charge in [-0.05, 0) is 43.7 Å². The maximum atomic E-state index is 12.4. The van der Waals surface area contributed by atoms with Gasteiger partial charge in [0.1, 0.15) is 0 Å². The number of nitrogens with one attached hydrogen (secondary N) is 1. The standard InChI is InChI=1S/C12H17ClN2O2S/c1-10-2-4-12(5-3-10)18(16,17)15-8-6-11(14-13)7-9-15/h2-5,11,14H,6-9H2,1H3. The van der Waals surface area contributed by atoms with Crippen molar-refractivity contribution in [2.75, 3.05) is 13.1 Å². The highest BCUT2D eigenvalue weighted by Crippen LogP contribution is 2.21. The van der Waals surface area contributed by atoms with E-state index < -0.39 is 10.0 Å². The van der Waals surface area contributed by atoms with Gasteiger partial charge in [0.05, 0.1) is 4.90 Å². The fourth-order valence-corrected chi connectivity index (χ4v) is 3.75. The number of aryl methyl sites for hydroxylation is 1. The van der Waals surface area contributed by atoms with Gasteiger partial charge in [-0.2, -0.15) is 4.31 Å². The number of hydrogen-bond acceptors (Lipinski definition) is 3. The molecular formula is C12H17ClN2O2S. The van der Waals surface area contributed by atoms with Crippen molar-refractivity contribution in [1.82, 2.24) is 9.14 Å². The first-order valence-corrected chi connectivity index (χ1v) is 7.79. The largest absolute Gasteiger partial charge is 0.243 e. The molecule has 1 aliphatic rings. The smallest absolute Gasteiger partial charge is 0.230 e. The van der Waals surface area contributed by atoms with E-state index in [2.05, 4.69) is 4.84 Å². The Kier molecular flexibility index (Phi) is 4.27. The van der Waals surface area contributed by atoms with Crippen LogP contribution in [0.2, 0.25) is 0 Å². The summed E-state index contributed by atoms with van der Waals surface area (Å²) in [6.07, 6.45) is 1.49. The minimum Gasteiger partial charge on any atom is -0.230 e. The van der Waals surface area contributed by atoms with Gasteiger partial charge in [-0.25, -0.2) is 13.3 Å². The van der Waals surface area contributed by atoms with Crippen LogP contribution in [0.3, 0.4) is 0 Å². The van der Waals surface area contributed by atoms with Crippen LogP contribution < -0.4 is 4.84 Å². The summed E-state index contributed by atoms with van der Waals surface area (Å²) in [5.74, 6) is 0. The highest BCUT2D eigenvalue weighted by atomic mass is 35.5. The van der Waals surface area contributed by atoms with Gasteiger partial charge in [0.2, 0.25) is 10.0 Å². The zero-order chi connectivity index (χ0) is 13.2. The average molecular weight is 289 g/mol. The minimum atomic E-state index is -3.35. The normalized spacial score (nSPS) is 19.0. The lowest BCUT2D eigenvalue weighted by atomic mass is 10.1. The van der Waals surface area contributed by atoms with Gasteiger partial charge >= 0.3 is 0 Å². The van der Waals surface area contributed by atoms with Crippen LogP contribution in [-0.4, -0.2) is 31.9 Å². The second-order valence-electron chi connectivity index (χ2n) is 4.60. The number of piperidine rings is 1. The number of sulfonamides is 1. The summed E-state index contributed by atoms with van der Waals surface area (Å²) in [4.78, 5) is 3.04. The summed E-state index contributed by atoms with van der Waals surface area (Å²) in [6, 6.07) is 7.17. The van der Waals surface area contributed by atoms with Crippen molar-refractivity contribution in [1.29, 1.82) is 0 Å². The lowest BCUT2D eigenvalue weighted by Crippen LogP contribution is -2.42. The second-order valence-corrected chi connectivity index (χ2v) is 6.76. The van der Waals surface area contributed by atoms with Gasteiger partial charge in [0, 0.05) is 19.1 Å². The van der Waals surface area contributed by atoms with Gasteiger partial charge < -0.3 is 0 Å². The molecule has 0 aromatic heterocycles. The summed E-state index contributed by atoms with van der Waals surface area (Å²) in [7, 11) is -3.35. The predicted octanol–water partition coefficient (Wildman–Crippen LogP) is 1.89. The van der Waals surface area contributed by atoms with Crippen LogP contribution in [-0.2, 0) is 10.0 Å². The lowest BCUT2D eigenvalue weighted by Gasteiger charge is -2.30. The van der Waals surface area contributed by atoms with E-state index in [1.54, 1.807) is 12.1 Å². The molecule has 0 bridgehead atoms. The molecule has 1 aliphatic heterocycles. The molecule has 1 heterocycles. The lowest BCUT2D eigenvalue weighted by molar-refractivity contribution is 0.310. The Morgan fingerprint density at radius 2 is 1.78 bits per heavy atom. The van der Waals surface area contributed by atoms with Crippen molar-refractivity contribution in [3.63, 3.8) is 0 Å². The molecule has 1 fully saturated rings. The van der Waals surface area contributed by atoms with E-state index in [-0.39, 0.29) is 6.04 Å². The van der Waals surface area contributed by atoms with Gasteiger partial charge in [-0.15, -0.1) is 0 Å². The predicted molar refractivity (Wildman–Crippen MR) is 71.9 cm³/mol. The van der Waals surface area contributed by atoms with E-state index >= 15 is 0 Å². The monoisotopic (exact) mass is 288 g/mol. The summed E-state index contributed by atoms with van der Waals surface area (Å²) < 4.78 is 26.3. The van der Waals surface area contributed by atoms with Gasteiger partial charge in [-0.3, -0.25) is 0 Å². The van der Waals surface area contributed by atoms with Crippen molar-refractivity contribution in [3.05, 3.63) is 29.8 Å². The molecule has 0 radical (unpaired) electrons. The third kappa shape index (κ3) is 2.85. The number of hydrogen-bond donors (Lipinski definition) is 1. The van der Waals surface area contributed by atoms with Crippen LogP contribution in [0.25, 0.3) is 0 Å². The molecule has 18 heavy (non-hydrogen) atoms. The maximum Gasteiger partial charge on any atom is 0.243 e. The molecule has 1 N–H and O–H groups in total. The molecule has 0 spiro atoms. The summed E-state index contributed by atoms with van der Waals surface area (Å²) in [6.45, 7) is 2.97.